The van der Waals surface area contributed by atoms with Crippen LogP contribution in [0.5, 0.6) is 0 Å². The highest BCUT2D eigenvalue weighted by atomic mass is 32.2. The molecule has 6 nitrogen and oxygen atoms in total. The lowest BCUT2D eigenvalue weighted by molar-refractivity contribution is 0.0718. The van der Waals surface area contributed by atoms with Gasteiger partial charge in [-0.05, 0) is 57.4 Å². The number of aryl methyl sites for hydroxylation is 1. The summed E-state index contributed by atoms with van der Waals surface area (Å²) < 4.78 is 27.8. The highest BCUT2D eigenvalue weighted by molar-refractivity contribution is 7.89. The fourth-order valence-corrected chi connectivity index (χ4v) is 5.82. The van der Waals surface area contributed by atoms with Gasteiger partial charge in [0.25, 0.3) is 5.91 Å². The number of sulfonamides is 1. The number of aromatic nitrogens is 1. The van der Waals surface area contributed by atoms with Crippen molar-refractivity contribution in [1.29, 1.82) is 0 Å². The van der Waals surface area contributed by atoms with E-state index in [1.807, 2.05) is 4.90 Å². The average Bonchev–Trinajstić information content (AvgIpc) is 2.90. The van der Waals surface area contributed by atoms with Crippen LogP contribution in [0.3, 0.4) is 0 Å². The molecule has 0 bridgehead atoms. The van der Waals surface area contributed by atoms with Crippen molar-refractivity contribution in [3.63, 3.8) is 0 Å². The van der Waals surface area contributed by atoms with Crippen molar-refractivity contribution in [2.24, 2.45) is 5.92 Å². The van der Waals surface area contributed by atoms with Gasteiger partial charge in [-0.2, -0.15) is 4.31 Å². The Balaban J connectivity index is 1.90. The van der Waals surface area contributed by atoms with Crippen LogP contribution in [0.1, 0.15) is 60.8 Å². The van der Waals surface area contributed by atoms with Gasteiger partial charge < -0.3 is 9.88 Å². The van der Waals surface area contributed by atoms with Gasteiger partial charge in [-0.15, -0.1) is 0 Å². The minimum absolute atomic E-state index is 0.0750. The summed E-state index contributed by atoms with van der Waals surface area (Å²) in [6.07, 6.45) is 4.96. The zero-order chi connectivity index (χ0) is 18.2. The summed E-state index contributed by atoms with van der Waals surface area (Å²) in [4.78, 5) is 18.0. The largest absolute Gasteiger partial charge is 0.353 e. The Morgan fingerprint density at radius 3 is 2.24 bits per heavy atom. The molecule has 2 aliphatic rings. The van der Waals surface area contributed by atoms with E-state index in [1.165, 1.54) is 0 Å². The first-order valence-electron chi connectivity index (χ1n) is 9.31. The number of rotatable bonds is 3. The molecule has 0 spiro atoms. The lowest BCUT2D eigenvalue weighted by Gasteiger charge is -2.29. The van der Waals surface area contributed by atoms with Crippen LogP contribution >= 0.6 is 0 Å². The van der Waals surface area contributed by atoms with E-state index in [9.17, 15) is 13.2 Å². The minimum Gasteiger partial charge on any atom is -0.353 e. The summed E-state index contributed by atoms with van der Waals surface area (Å²) in [6.45, 7) is 8.28. The van der Waals surface area contributed by atoms with Crippen molar-refractivity contribution in [3.05, 3.63) is 17.0 Å². The number of amides is 1. The molecule has 0 saturated carbocycles. The van der Waals surface area contributed by atoms with Crippen molar-refractivity contribution in [1.82, 2.24) is 14.2 Å². The molecule has 1 N–H and O–H groups in total. The lowest BCUT2D eigenvalue weighted by atomic mass is 10.0. The van der Waals surface area contributed by atoms with E-state index in [0.29, 0.717) is 40.9 Å². The molecule has 140 valence electrons. The fourth-order valence-electron chi connectivity index (χ4n) is 3.94. The summed E-state index contributed by atoms with van der Waals surface area (Å²) in [5.41, 5.74) is 1.56. The fraction of sp³-hybridized carbons (Fsp3) is 0.722. The molecular weight excluding hydrogens is 338 g/mol. The molecule has 0 unspecified atom stereocenters. The highest BCUT2D eigenvalue weighted by Gasteiger charge is 2.34. The van der Waals surface area contributed by atoms with E-state index in [2.05, 4.69) is 11.9 Å². The van der Waals surface area contributed by atoms with E-state index in [0.717, 1.165) is 45.2 Å². The Labute approximate surface area is 150 Å². The average molecular weight is 368 g/mol. The van der Waals surface area contributed by atoms with E-state index >= 15 is 0 Å². The van der Waals surface area contributed by atoms with E-state index < -0.39 is 10.0 Å². The zero-order valence-electron chi connectivity index (χ0n) is 15.5. The third kappa shape index (κ3) is 3.49. The molecule has 0 aliphatic carbocycles. The maximum Gasteiger partial charge on any atom is 0.270 e. The van der Waals surface area contributed by atoms with Gasteiger partial charge in [-0.3, -0.25) is 4.79 Å². The van der Waals surface area contributed by atoms with E-state index in [4.69, 9.17) is 0 Å². The first kappa shape index (κ1) is 18.5. The summed E-state index contributed by atoms with van der Waals surface area (Å²) in [5.74, 6) is 0.491. The molecule has 1 amide bonds. The summed E-state index contributed by atoms with van der Waals surface area (Å²) >= 11 is 0. The van der Waals surface area contributed by atoms with Crippen LogP contribution in [-0.4, -0.2) is 54.7 Å². The lowest BCUT2D eigenvalue weighted by Crippen LogP contribution is -2.38. The number of H-pyrrole nitrogens is 1. The van der Waals surface area contributed by atoms with Crippen LogP contribution in [-0.2, 0) is 10.0 Å². The second-order valence-corrected chi connectivity index (χ2v) is 9.39. The summed E-state index contributed by atoms with van der Waals surface area (Å²) in [6, 6.07) is 0. The van der Waals surface area contributed by atoms with Gasteiger partial charge >= 0.3 is 0 Å². The van der Waals surface area contributed by atoms with Crippen molar-refractivity contribution in [2.75, 3.05) is 26.2 Å². The molecule has 2 fully saturated rings. The number of nitrogens with zero attached hydrogens (tertiary/aromatic N) is 2. The highest BCUT2D eigenvalue weighted by Crippen LogP contribution is 2.30. The standard InChI is InChI=1S/C18H29N3O3S/c1-13-7-11-21(12-8-13)25(23,24)17-14(2)16(19-15(17)3)18(22)20-9-5-4-6-10-20/h13,19H,4-12H2,1-3H3. The van der Waals surface area contributed by atoms with Gasteiger partial charge in [0.1, 0.15) is 10.6 Å². The minimum atomic E-state index is -3.56. The zero-order valence-corrected chi connectivity index (χ0v) is 16.3. The smallest absolute Gasteiger partial charge is 0.270 e. The maximum atomic E-state index is 13.1. The third-order valence-electron chi connectivity index (χ3n) is 5.57. The molecule has 1 aromatic heterocycles. The topological polar surface area (TPSA) is 73.5 Å². The number of carbonyl (C=O) groups excluding carboxylic acids is 1. The Bertz CT molecular complexity index is 740. The van der Waals surface area contributed by atoms with Crippen LogP contribution in [0.4, 0.5) is 0 Å². The van der Waals surface area contributed by atoms with Crippen LogP contribution in [0.15, 0.2) is 4.90 Å². The third-order valence-corrected chi connectivity index (χ3v) is 7.74. The number of piperidine rings is 2. The predicted octanol–water partition coefficient (Wildman–Crippen LogP) is 2.68. The van der Waals surface area contributed by atoms with Crippen LogP contribution in [0.25, 0.3) is 0 Å². The first-order valence-corrected chi connectivity index (χ1v) is 10.7. The number of hydrogen-bond donors (Lipinski definition) is 1. The maximum absolute atomic E-state index is 13.1. The van der Waals surface area contributed by atoms with Crippen LogP contribution in [0.2, 0.25) is 0 Å². The number of carbonyl (C=O) groups is 1. The molecule has 7 heteroatoms. The molecular formula is C18H29N3O3S. The van der Waals surface area contributed by atoms with Crippen molar-refractivity contribution in [2.45, 2.75) is 57.8 Å². The summed E-state index contributed by atoms with van der Waals surface area (Å²) in [5, 5.41) is 0. The number of aromatic amines is 1. The van der Waals surface area contributed by atoms with Gasteiger partial charge in [0.05, 0.1) is 0 Å². The van der Waals surface area contributed by atoms with Gasteiger partial charge in [-0.25, -0.2) is 8.42 Å². The molecule has 0 atom stereocenters. The number of nitrogens with one attached hydrogen (secondary N) is 1. The number of hydrogen-bond acceptors (Lipinski definition) is 3. The SMILES string of the molecule is Cc1[nH]c(C(=O)N2CCCCC2)c(C)c1S(=O)(=O)N1CCC(C)CC1. The molecule has 1 aromatic rings. The molecule has 0 aromatic carbocycles. The Morgan fingerprint density at radius 2 is 1.64 bits per heavy atom. The predicted molar refractivity (Wildman–Crippen MR) is 97.2 cm³/mol. The molecule has 25 heavy (non-hydrogen) atoms. The van der Waals surface area contributed by atoms with E-state index in [-0.39, 0.29) is 5.91 Å². The molecule has 2 aliphatic heterocycles. The Hall–Kier alpha value is -1.34. The van der Waals surface area contributed by atoms with Gasteiger partial charge in [0.2, 0.25) is 10.0 Å². The normalized spacial score (nSPS) is 20.8. The van der Waals surface area contributed by atoms with Gasteiger partial charge in [0.15, 0.2) is 0 Å². The molecule has 0 radical (unpaired) electrons. The summed E-state index contributed by atoms with van der Waals surface area (Å²) in [7, 11) is -3.56. The van der Waals surface area contributed by atoms with Crippen molar-refractivity contribution >= 4 is 15.9 Å². The Kier molecular flexibility index (Phi) is 5.25. The van der Waals surface area contributed by atoms with Crippen molar-refractivity contribution < 1.29 is 13.2 Å². The monoisotopic (exact) mass is 367 g/mol. The molecule has 2 saturated heterocycles. The second kappa shape index (κ2) is 7.11. The number of likely N-dealkylation sites (tertiary alicyclic amines) is 1. The van der Waals surface area contributed by atoms with Crippen molar-refractivity contribution in [3.8, 4) is 0 Å². The second-order valence-electron chi connectivity index (χ2n) is 7.52. The first-order chi connectivity index (χ1) is 11.8. The molecule has 3 heterocycles. The van der Waals surface area contributed by atoms with Gasteiger partial charge in [0, 0.05) is 31.9 Å². The van der Waals surface area contributed by atoms with Crippen LogP contribution < -0.4 is 0 Å². The van der Waals surface area contributed by atoms with E-state index in [1.54, 1.807) is 18.2 Å². The Morgan fingerprint density at radius 1 is 1.04 bits per heavy atom. The molecule has 3 rings (SSSR count). The van der Waals surface area contributed by atoms with Crippen LogP contribution in [0, 0.1) is 19.8 Å². The quantitative estimate of drug-likeness (QED) is 0.893. The van der Waals surface area contributed by atoms with Gasteiger partial charge in [-0.1, -0.05) is 6.92 Å².